The van der Waals surface area contributed by atoms with Crippen LogP contribution in [0.15, 0.2) is 0 Å². The molecule has 2 aliphatic heterocycles. The highest BCUT2D eigenvalue weighted by Gasteiger charge is 2.23. The second-order valence-electron chi connectivity index (χ2n) is 4.22. The zero-order valence-electron chi connectivity index (χ0n) is 8.71. The summed E-state index contributed by atoms with van der Waals surface area (Å²) in [5, 5.41) is 3.44. The van der Waals surface area contributed by atoms with E-state index in [1.807, 2.05) is 0 Å². The molecule has 14 heavy (non-hydrogen) atoms. The molecule has 0 saturated carbocycles. The third-order valence-corrected chi connectivity index (χ3v) is 4.55. The summed E-state index contributed by atoms with van der Waals surface area (Å²) in [6.45, 7) is 4.44. The van der Waals surface area contributed by atoms with Crippen LogP contribution in [0.5, 0.6) is 0 Å². The number of hydrogen-bond donors (Lipinski definition) is 1. The van der Waals surface area contributed by atoms with Crippen LogP contribution in [-0.2, 0) is 10.8 Å². The Hall–Kier alpha value is 0.0700. The maximum Gasteiger partial charge on any atom is 0.0363 e. The smallest absolute Gasteiger partial charge is 0.0363 e. The third-order valence-electron chi connectivity index (χ3n) is 3.27. The fraction of sp³-hybridized carbons (Fsp3) is 1.00. The summed E-state index contributed by atoms with van der Waals surface area (Å²) < 4.78 is 11.2. The van der Waals surface area contributed by atoms with Crippen LogP contribution in [0.2, 0.25) is 0 Å². The van der Waals surface area contributed by atoms with E-state index in [1.165, 1.54) is 25.8 Å². The first-order chi connectivity index (χ1) is 6.86. The molecule has 0 amide bonds. The van der Waals surface area contributed by atoms with E-state index in [-0.39, 0.29) is 0 Å². The quantitative estimate of drug-likeness (QED) is 0.679. The van der Waals surface area contributed by atoms with Crippen molar-refractivity contribution in [1.29, 1.82) is 0 Å². The van der Waals surface area contributed by atoms with Gasteiger partial charge >= 0.3 is 0 Å². The maximum absolute atomic E-state index is 11.2. The first-order valence-electron chi connectivity index (χ1n) is 5.66. The largest absolute Gasteiger partial charge is 0.317 e. The minimum Gasteiger partial charge on any atom is -0.317 e. The highest BCUT2D eigenvalue weighted by molar-refractivity contribution is 7.85. The maximum atomic E-state index is 11.2. The average Bonchev–Trinajstić information content (AvgIpc) is 2.47. The summed E-state index contributed by atoms with van der Waals surface area (Å²) in [4.78, 5) is 2.55. The zero-order chi connectivity index (χ0) is 9.80. The van der Waals surface area contributed by atoms with Crippen molar-refractivity contribution in [3.05, 3.63) is 0 Å². The van der Waals surface area contributed by atoms with Gasteiger partial charge in [-0.05, 0) is 32.4 Å². The van der Waals surface area contributed by atoms with Gasteiger partial charge < -0.3 is 5.32 Å². The second kappa shape index (κ2) is 5.24. The van der Waals surface area contributed by atoms with E-state index in [0.717, 1.165) is 37.2 Å². The van der Waals surface area contributed by atoms with Crippen LogP contribution in [0.4, 0.5) is 0 Å². The van der Waals surface area contributed by atoms with Crippen molar-refractivity contribution in [3.8, 4) is 0 Å². The van der Waals surface area contributed by atoms with Crippen molar-refractivity contribution < 1.29 is 4.21 Å². The fourth-order valence-electron chi connectivity index (χ4n) is 2.38. The predicted octanol–water partition coefficient (Wildman–Crippen LogP) is 0.193. The minimum atomic E-state index is -0.527. The molecule has 2 heterocycles. The molecular weight excluding hydrogens is 196 g/mol. The Kier molecular flexibility index (Phi) is 3.96. The van der Waals surface area contributed by atoms with Crippen LogP contribution in [0.25, 0.3) is 0 Å². The molecule has 0 aliphatic carbocycles. The molecule has 2 fully saturated rings. The molecule has 82 valence electrons. The van der Waals surface area contributed by atoms with Gasteiger partial charge in [0.1, 0.15) is 0 Å². The molecule has 1 N–H and O–H groups in total. The van der Waals surface area contributed by atoms with E-state index < -0.39 is 10.8 Å². The van der Waals surface area contributed by atoms with Gasteiger partial charge in [-0.15, -0.1) is 0 Å². The van der Waals surface area contributed by atoms with Gasteiger partial charge in [-0.2, -0.15) is 0 Å². The highest BCUT2D eigenvalue weighted by Crippen LogP contribution is 2.15. The van der Waals surface area contributed by atoms with E-state index in [2.05, 4.69) is 10.2 Å². The molecule has 2 aliphatic rings. The van der Waals surface area contributed by atoms with Gasteiger partial charge in [0.15, 0.2) is 0 Å². The zero-order valence-corrected chi connectivity index (χ0v) is 9.52. The molecule has 1 unspecified atom stereocenters. The van der Waals surface area contributed by atoms with Gasteiger partial charge in [0.05, 0.1) is 0 Å². The SMILES string of the molecule is O=S1CCN(C2CCCNCC2)CC1. The summed E-state index contributed by atoms with van der Waals surface area (Å²) in [7, 11) is -0.527. The normalized spacial score (nSPS) is 32.7. The number of nitrogens with zero attached hydrogens (tertiary/aromatic N) is 1. The van der Waals surface area contributed by atoms with Gasteiger partial charge in [-0.3, -0.25) is 9.11 Å². The van der Waals surface area contributed by atoms with Crippen molar-refractivity contribution in [2.45, 2.75) is 25.3 Å². The average molecular weight is 216 g/mol. The Bertz CT molecular complexity index is 192. The van der Waals surface area contributed by atoms with Crippen LogP contribution in [0, 0.1) is 0 Å². The molecule has 1 atom stereocenters. The summed E-state index contributed by atoms with van der Waals surface area (Å²) in [5.41, 5.74) is 0. The summed E-state index contributed by atoms with van der Waals surface area (Å²) in [6.07, 6.45) is 3.89. The molecule has 2 rings (SSSR count). The van der Waals surface area contributed by atoms with Gasteiger partial charge in [0.25, 0.3) is 0 Å². The molecule has 0 spiro atoms. The standard InChI is InChI=1S/C10H20N2OS/c13-14-8-6-12(7-9-14)10-2-1-4-11-5-3-10/h10-11H,1-9H2. The van der Waals surface area contributed by atoms with Crippen LogP contribution in [0.1, 0.15) is 19.3 Å². The molecule has 4 heteroatoms. The monoisotopic (exact) mass is 216 g/mol. The van der Waals surface area contributed by atoms with Gasteiger partial charge in [0, 0.05) is 41.4 Å². The Morgan fingerprint density at radius 2 is 1.93 bits per heavy atom. The lowest BCUT2D eigenvalue weighted by molar-refractivity contribution is 0.199. The van der Waals surface area contributed by atoms with E-state index in [4.69, 9.17) is 0 Å². The number of nitrogens with one attached hydrogen (secondary N) is 1. The Labute approximate surface area is 88.7 Å². The minimum absolute atomic E-state index is 0.527. The van der Waals surface area contributed by atoms with E-state index in [1.54, 1.807) is 0 Å². The molecule has 0 aromatic heterocycles. The van der Waals surface area contributed by atoms with Gasteiger partial charge in [0.2, 0.25) is 0 Å². The number of rotatable bonds is 1. The Morgan fingerprint density at radius 3 is 2.71 bits per heavy atom. The Balaban J connectivity index is 1.83. The molecule has 0 aromatic rings. The highest BCUT2D eigenvalue weighted by atomic mass is 32.2. The van der Waals surface area contributed by atoms with Crippen LogP contribution in [-0.4, -0.2) is 52.8 Å². The van der Waals surface area contributed by atoms with E-state index in [0.29, 0.717) is 0 Å². The second-order valence-corrected chi connectivity index (χ2v) is 5.91. The van der Waals surface area contributed by atoms with Crippen molar-refractivity contribution >= 4 is 10.8 Å². The summed E-state index contributed by atoms with van der Waals surface area (Å²) in [5.74, 6) is 1.79. The van der Waals surface area contributed by atoms with E-state index >= 15 is 0 Å². The number of hydrogen-bond acceptors (Lipinski definition) is 3. The lowest BCUT2D eigenvalue weighted by Crippen LogP contribution is -2.44. The molecule has 0 aromatic carbocycles. The predicted molar refractivity (Wildman–Crippen MR) is 60.0 cm³/mol. The lowest BCUT2D eigenvalue weighted by atomic mass is 10.1. The van der Waals surface area contributed by atoms with Crippen molar-refractivity contribution in [3.63, 3.8) is 0 Å². The van der Waals surface area contributed by atoms with Crippen LogP contribution < -0.4 is 5.32 Å². The molecule has 2 saturated heterocycles. The molecule has 0 bridgehead atoms. The fourth-order valence-corrected chi connectivity index (χ4v) is 3.46. The summed E-state index contributed by atoms with van der Waals surface area (Å²) in [6, 6.07) is 0.752. The Morgan fingerprint density at radius 1 is 1.14 bits per heavy atom. The topological polar surface area (TPSA) is 32.3 Å². The van der Waals surface area contributed by atoms with Crippen molar-refractivity contribution in [2.24, 2.45) is 0 Å². The van der Waals surface area contributed by atoms with E-state index in [9.17, 15) is 4.21 Å². The molecular formula is C10H20N2OS. The van der Waals surface area contributed by atoms with Crippen molar-refractivity contribution in [2.75, 3.05) is 37.7 Å². The van der Waals surface area contributed by atoms with Crippen LogP contribution >= 0.6 is 0 Å². The van der Waals surface area contributed by atoms with Crippen molar-refractivity contribution in [1.82, 2.24) is 10.2 Å². The molecule has 3 nitrogen and oxygen atoms in total. The third kappa shape index (κ3) is 2.78. The van der Waals surface area contributed by atoms with Crippen LogP contribution in [0.3, 0.4) is 0 Å². The first kappa shape index (κ1) is 10.6. The van der Waals surface area contributed by atoms with Gasteiger partial charge in [-0.1, -0.05) is 0 Å². The summed E-state index contributed by atoms with van der Waals surface area (Å²) >= 11 is 0. The first-order valence-corrected chi connectivity index (χ1v) is 7.15. The lowest BCUT2D eigenvalue weighted by Gasteiger charge is -2.33. The molecule has 0 radical (unpaired) electrons. The van der Waals surface area contributed by atoms with Gasteiger partial charge in [-0.25, -0.2) is 0 Å².